The summed E-state index contributed by atoms with van der Waals surface area (Å²) in [4.78, 5) is 21.6. The third kappa shape index (κ3) is 2.76. The number of aromatic nitrogens is 2. The molecule has 0 aliphatic heterocycles. The van der Waals surface area contributed by atoms with Crippen LogP contribution < -0.4 is 4.74 Å². The van der Waals surface area contributed by atoms with E-state index in [1.54, 1.807) is 13.0 Å². The van der Waals surface area contributed by atoms with Gasteiger partial charge in [-0.15, -0.1) is 5.10 Å². The summed E-state index contributed by atoms with van der Waals surface area (Å²) in [6, 6.07) is 5.67. The van der Waals surface area contributed by atoms with Gasteiger partial charge in [0.25, 0.3) is 0 Å². The molecule has 0 atom stereocenters. The maximum atomic E-state index is 11.2. The fourth-order valence-corrected chi connectivity index (χ4v) is 1.52. The Morgan fingerprint density at radius 3 is 2.68 bits per heavy atom. The zero-order chi connectivity index (χ0) is 14.0. The molecule has 0 aliphatic rings. The van der Waals surface area contributed by atoms with Crippen molar-refractivity contribution in [3.05, 3.63) is 45.6 Å². The summed E-state index contributed by atoms with van der Waals surface area (Å²) in [7, 11) is 0. The van der Waals surface area contributed by atoms with Crippen LogP contribution in [0.4, 0.5) is 5.69 Å². The first-order chi connectivity index (χ1) is 8.97. The van der Waals surface area contributed by atoms with Crippen molar-refractivity contribution >= 4 is 11.5 Å². The highest BCUT2D eigenvalue weighted by atomic mass is 16.6. The third-order valence-electron chi connectivity index (χ3n) is 2.46. The van der Waals surface area contributed by atoms with Crippen molar-refractivity contribution in [3.63, 3.8) is 0 Å². The zero-order valence-electron chi connectivity index (χ0n) is 10.3. The summed E-state index contributed by atoms with van der Waals surface area (Å²) in [5.41, 5.74) is 0.767. The maximum Gasteiger partial charge on any atom is 0.312 e. The summed E-state index contributed by atoms with van der Waals surface area (Å²) in [5.74, 6) is 0.0305. The number of ether oxygens (including phenoxy) is 1. The van der Waals surface area contributed by atoms with Crippen molar-refractivity contribution in [2.24, 2.45) is 0 Å². The summed E-state index contributed by atoms with van der Waals surface area (Å²) in [6.07, 6.45) is 0. The summed E-state index contributed by atoms with van der Waals surface area (Å²) in [5, 5.41) is 17.5. The Bertz CT molecular complexity index is 648. The number of nitrogens with one attached hydrogen (secondary N) is 1. The molecule has 0 fully saturated rings. The molecule has 0 saturated carbocycles. The fourth-order valence-electron chi connectivity index (χ4n) is 1.52. The standard InChI is InChI=1S/C12H11N3O4/c1-7-5-12(14-13-7)19-11-4-3-9(8(2)16)6-10(11)15(17)18/h3-6H,1-2H3,(H,13,14). The summed E-state index contributed by atoms with van der Waals surface area (Å²) < 4.78 is 5.33. The molecule has 1 N–H and O–H groups in total. The van der Waals surface area contributed by atoms with Gasteiger partial charge >= 0.3 is 5.69 Å². The lowest BCUT2D eigenvalue weighted by Gasteiger charge is -2.04. The van der Waals surface area contributed by atoms with Crippen LogP contribution in [-0.2, 0) is 0 Å². The highest BCUT2D eigenvalue weighted by Crippen LogP contribution is 2.31. The fraction of sp³-hybridized carbons (Fsp3) is 0.167. The number of aryl methyl sites for hydroxylation is 1. The summed E-state index contributed by atoms with van der Waals surface area (Å²) >= 11 is 0. The van der Waals surface area contributed by atoms with Crippen molar-refractivity contribution in [3.8, 4) is 11.6 Å². The number of hydrogen-bond donors (Lipinski definition) is 1. The van der Waals surface area contributed by atoms with E-state index in [-0.39, 0.29) is 28.7 Å². The van der Waals surface area contributed by atoms with Crippen molar-refractivity contribution < 1.29 is 14.5 Å². The zero-order valence-corrected chi connectivity index (χ0v) is 10.3. The lowest BCUT2D eigenvalue weighted by molar-refractivity contribution is -0.385. The van der Waals surface area contributed by atoms with Crippen LogP contribution in [0.15, 0.2) is 24.3 Å². The van der Waals surface area contributed by atoms with Gasteiger partial charge in [-0.25, -0.2) is 0 Å². The van der Waals surface area contributed by atoms with Crippen LogP contribution in [-0.4, -0.2) is 20.9 Å². The SMILES string of the molecule is CC(=O)c1ccc(Oc2cc(C)[nH]n2)c([N+](=O)[O-])c1. The minimum absolute atomic E-state index is 0.0431. The Morgan fingerprint density at radius 1 is 1.42 bits per heavy atom. The van der Waals surface area contributed by atoms with Crippen LogP contribution in [0, 0.1) is 17.0 Å². The van der Waals surface area contributed by atoms with Gasteiger partial charge in [-0.1, -0.05) is 0 Å². The number of rotatable bonds is 4. The van der Waals surface area contributed by atoms with Gasteiger partial charge in [0.2, 0.25) is 11.6 Å². The molecule has 0 radical (unpaired) electrons. The van der Waals surface area contributed by atoms with Crippen molar-refractivity contribution in [1.29, 1.82) is 0 Å². The van der Waals surface area contributed by atoms with Gasteiger partial charge in [0.1, 0.15) is 0 Å². The first-order valence-corrected chi connectivity index (χ1v) is 5.46. The molecule has 1 aromatic heterocycles. The molecule has 0 aliphatic carbocycles. The minimum atomic E-state index is -0.596. The molecule has 2 aromatic rings. The smallest absolute Gasteiger partial charge is 0.312 e. The normalized spacial score (nSPS) is 10.2. The Kier molecular flexibility index (Phi) is 3.28. The molecule has 0 unspecified atom stereocenters. The van der Waals surface area contributed by atoms with E-state index in [2.05, 4.69) is 10.2 Å². The molecule has 98 valence electrons. The molecule has 2 rings (SSSR count). The predicted molar refractivity (Wildman–Crippen MR) is 66.5 cm³/mol. The first-order valence-electron chi connectivity index (χ1n) is 5.46. The van der Waals surface area contributed by atoms with Gasteiger partial charge in [0.05, 0.1) is 4.92 Å². The molecule has 0 spiro atoms. The molecule has 1 aromatic carbocycles. The number of carbonyl (C=O) groups is 1. The number of H-pyrrole nitrogens is 1. The minimum Gasteiger partial charge on any atom is -0.430 e. The van der Waals surface area contributed by atoms with E-state index in [1.165, 1.54) is 25.1 Å². The number of Topliss-reactive ketones (excluding diaryl/α,β-unsaturated/α-hetero) is 1. The van der Waals surface area contributed by atoms with Gasteiger partial charge in [-0.05, 0) is 26.0 Å². The van der Waals surface area contributed by atoms with Crippen LogP contribution >= 0.6 is 0 Å². The second-order valence-electron chi connectivity index (χ2n) is 3.99. The number of ketones is 1. The van der Waals surface area contributed by atoms with Gasteiger partial charge in [0.15, 0.2) is 5.78 Å². The van der Waals surface area contributed by atoms with Crippen molar-refractivity contribution in [1.82, 2.24) is 10.2 Å². The van der Waals surface area contributed by atoms with Crippen LogP contribution in [0.2, 0.25) is 0 Å². The van der Waals surface area contributed by atoms with Crippen LogP contribution in [0.1, 0.15) is 23.0 Å². The predicted octanol–water partition coefficient (Wildman–Crippen LogP) is 2.62. The topological polar surface area (TPSA) is 98.1 Å². The third-order valence-corrected chi connectivity index (χ3v) is 2.46. The molecule has 0 amide bonds. The van der Waals surface area contributed by atoms with Crippen LogP contribution in [0.25, 0.3) is 0 Å². The van der Waals surface area contributed by atoms with E-state index >= 15 is 0 Å². The Labute approximate surface area is 108 Å². The average molecular weight is 261 g/mol. The molecule has 1 heterocycles. The Hall–Kier alpha value is -2.70. The molecule has 7 nitrogen and oxygen atoms in total. The number of nitro groups is 1. The maximum absolute atomic E-state index is 11.2. The van der Waals surface area contributed by atoms with Crippen molar-refractivity contribution in [2.75, 3.05) is 0 Å². The lowest BCUT2D eigenvalue weighted by atomic mass is 10.1. The molecule has 7 heteroatoms. The molecule has 0 saturated heterocycles. The number of nitro benzene ring substituents is 1. The number of aromatic amines is 1. The largest absolute Gasteiger partial charge is 0.430 e. The summed E-state index contributed by atoms with van der Waals surface area (Å²) in [6.45, 7) is 3.13. The number of hydrogen-bond acceptors (Lipinski definition) is 5. The molecular formula is C12H11N3O4. The second-order valence-corrected chi connectivity index (χ2v) is 3.99. The van der Waals surface area contributed by atoms with Gasteiger partial charge in [0, 0.05) is 23.4 Å². The number of nitrogens with zero attached hydrogens (tertiary/aromatic N) is 2. The Balaban J connectivity index is 2.39. The number of carbonyl (C=O) groups excluding carboxylic acids is 1. The van der Waals surface area contributed by atoms with Crippen LogP contribution in [0.5, 0.6) is 11.6 Å². The monoisotopic (exact) mass is 261 g/mol. The van der Waals surface area contributed by atoms with E-state index in [1.807, 2.05) is 0 Å². The highest BCUT2D eigenvalue weighted by molar-refractivity contribution is 5.95. The second kappa shape index (κ2) is 4.89. The quantitative estimate of drug-likeness (QED) is 0.518. The molecular weight excluding hydrogens is 250 g/mol. The Morgan fingerprint density at radius 2 is 2.16 bits per heavy atom. The van der Waals surface area contributed by atoms with Gasteiger partial charge in [-0.3, -0.25) is 20.0 Å². The van der Waals surface area contributed by atoms with E-state index in [0.717, 1.165) is 5.69 Å². The van der Waals surface area contributed by atoms with Gasteiger partial charge < -0.3 is 4.74 Å². The highest BCUT2D eigenvalue weighted by Gasteiger charge is 2.18. The van der Waals surface area contributed by atoms with E-state index in [9.17, 15) is 14.9 Å². The van der Waals surface area contributed by atoms with E-state index in [0.29, 0.717) is 0 Å². The van der Waals surface area contributed by atoms with E-state index < -0.39 is 4.92 Å². The molecule has 0 bridgehead atoms. The average Bonchev–Trinajstić information content (AvgIpc) is 2.74. The van der Waals surface area contributed by atoms with Crippen molar-refractivity contribution in [2.45, 2.75) is 13.8 Å². The van der Waals surface area contributed by atoms with E-state index in [4.69, 9.17) is 4.74 Å². The van der Waals surface area contributed by atoms with Gasteiger partial charge in [-0.2, -0.15) is 0 Å². The lowest BCUT2D eigenvalue weighted by Crippen LogP contribution is -1.98. The van der Waals surface area contributed by atoms with Crippen LogP contribution in [0.3, 0.4) is 0 Å². The molecule has 19 heavy (non-hydrogen) atoms. The first kappa shape index (κ1) is 12.7. The number of benzene rings is 1.